The van der Waals surface area contributed by atoms with E-state index in [2.05, 4.69) is 186 Å². The molecule has 1 spiro atoms. The summed E-state index contributed by atoms with van der Waals surface area (Å²) in [4.78, 5) is 5.05. The van der Waals surface area contributed by atoms with Crippen molar-refractivity contribution >= 4 is 28.4 Å². The molecule has 3 bridgehead atoms. The third-order valence-electron chi connectivity index (χ3n) is 14.9. The van der Waals surface area contributed by atoms with E-state index in [0.29, 0.717) is 16.7 Å². The Morgan fingerprint density at radius 3 is 2.04 bits per heavy atom. The van der Waals surface area contributed by atoms with Gasteiger partial charge in [0.05, 0.1) is 6.04 Å². The lowest BCUT2D eigenvalue weighted by Gasteiger charge is -2.49. The molecule has 4 fully saturated rings. The summed E-state index contributed by atoms with van der Waals surface area (Å²) in [6.45, 7) is 0. The third kappa shape index (κ3) is 4.80. The van der Waals surface area contributed by atoms with E-state index in [1.165, 1.54) is 94.8 Å². The van der Waals surface area contributed by atoms with Gasteiger partial charge >= 0.3 is 0 Å². The number of rotatable bonds is 7. The molecule has 0 saturated heterocycles. The maximum atomic E-state index is 2.58. The number of allylic oxidation sites excluding steroid dienone is 2. The third-order valence-corrected chi connectivity index (χ3v) is 14.9. The largest absolute Gasteiger partial charge is 0.333 e. The molecule has 1 heterocycles. The van der Waals surface area contributed by atoms with Crippen molar-refractivity contribution in [1.29, 1.82) is 0 Å². The molecule has 0 radical (unpaired) electrons. The minimum atomic E-state index is 0.281. The monoisotopic (exact) mass is 710 g/mol. The molecule has 5 aliphatic carbocycles. The first-order chi connectivity index (χ1) is 27.1. The Morgan fingerprint density at radius 1 is 0.527 bits per heavy atom. The summed E-state index contributed by atoms with van der Waals surface area (Å²) in [6, 6.07) is 57.3. The minimum absolute atomic E-state index is 0.281. The van der Waals surface area contributed by atoms with Crippen molar-refractivity contribution in [2.24, 2.45) is 23.2 Å². The van der Waals surface area contributed by atoms with Gasteiger partial charge in [-0.05, 0) is 155 Å². The van der Waals surface area contributed by atoms with Crippen LogP contribution in [0.5, 0.6) is 0 Å². The maximum Gasteiger partial charge on any atom is 0.0629 e. The lowest BCUT2D eigenvalue weighted by molar-refractivity contribution is -0.000159. The Bertz CT molecular complexity index is 2530. The van der Waals surface area contributed by atoms with Gasteiger partial charge in [0.1, 0.15) is 0 Å². The number of hydrogen-bond acceptors (Lipinski definition) is 2. The van der Waals surface area contributed by atoms with Crippen molar-refractivity contribution in [3.63, 3.8) is 0 Å². The second-order valence-electron chi connectivity index (χ2n) is 17.7. The van der Waals surface area contributed by atoms with E-state index < -0.39 is 0 Å². The number of hydrogen-bond donors (Lipinski definition) is 0. The van der Waals surface area contributed by atoms with Crippen LogP contribution in [0.15, 0.2) is 176 Å². The highest BCUT2D eigenvalue weighted by Gasteiger charge is 2.71. The van der Waals surface area contributed by atoms with Gasteiger partial charge in [-0.3, -0.25) is 0 Å². The van der Waals surface area contributed by atoms with Gasteiger partial charge in [-0.2, -0.15) is 0 Å². The van der Waals surface area contributed by atoms with Gasteiger partial charge in [-0.1, -0.05) is 121 Å². The van der Waals surface area contributed by atoms with Gasteiger partial charge in [0.15, 0.2) is 0 Å². The number of anilines is 5. The Balaban J connectivity index is 0.958. The van der Waals surface area contributed by atoms with Gasteiger partial charge in [-0.15, -0.1) is 0 Å². The summed E-state index contributed by atoms with van der Waals surface area (Å²) in [5, 5.41) is 0. The van der Waals surface area contributed by atoms with Crippen molar-refractivity contribution in [3.05, 3.63) is 187 Å². The zero-order chi connectivity index (χ0) is 36.1. The molecule has 5 unspecified atom stereocenters. The first kappa shape index (κ1) is 31.7. The molecule has 0 amide bonds. The Hall–Kier alpha value is -5.60. The molecule has 55 heavy (non-hydrogen) atoms. The average Bonchev–Trinajstić information content (AvgIpc) is 3.75. The first-order valence-electron chi connectivity index (χ1n) is 20.6. The highest BCUT2D eigenvalue weighted by atomic mass is 15.2. The van der Waals surface area contributed by atoms with Crippen LogP contribution < -0.4 is 9.80 Å². The van der Waals surface area contributed by atoms with Crippen LogP contribution in [0.25, 0.3) is 22.3 Å². The van der Waals surface area contributed by atoms with E-state index in [4.69, 9.17) is 0 Å². The predicted octanol–water partition coefficient (Wildman–Crippen LogP) is 13.7. The second kappa shape index (κ2) is 11.9. The molecule has 7 atom stereocenters. The van der Waals surface area contributed by atoms with Crippen LogP contribution >= 0.6 is 0 Å². The van der Waals surface area contributed by atoms with Crippen molar-refractivity contribution in [3.8, 4) is 22.3 Å². The molecule has 2 nitrogen and oxygen atoms in total. The average molecular weight is 711 g/mol. The van der Waals surface area contributed by atoms with Crippen LogP contribution in [-0.4, -0.2) is 6.04 Å². The number of fused-ring (bicyclic) bond motifs is 5. The predicted molar refractivity (Wildman–Crippen MR) is 228 cm³/mol. The lowest BCUT2D eigenvalue weighted by Crippen LogP contribution is -2.42. The van der Waals surface area contributed by atoms with E-state index in [9.17, 15) is 0 Å². The summed E-state index contributed by atoms with van der Waals surface area (Å²) >= 11 is 0. The Morgan fingerprint density at radius 2 is 1.20 bits per heavy atom. The minimum Gasteiger partial charge on any atom is -0.333 e. The van der Waals surface area contributed by atoms with E-state index in [0.717, 1.165) is 17.8 Å². The van der Waals surface area contributed by atoms with Gasteiger partial charge in [-0.25, -0.2) is 0 Å². The first-order valence-corrected chi connectivity index (χ1v) is 20.6. The van der Waals surface area contributed by atoms with Crippen molar-refractivity contribution in [2.75, 3.05) is 9.80 Å². The van der Waals surface area contributed by atoms with Crippen LogP contribution in [0.2, 0.25) is 0 Å². The summed E-state index contributed by atoms with van der Waals surface area (Å²) < 4.78 is 0. The number of para-hydroxylation sites is 1. The van der Waals surface area contributed by atoms with Crippen molar-refractivity contribution < 1.29 is 0 Å². The van der Waals surface area contributed by atoms with E-state index in [1.807, 2.05) is 0 Å². The Kier molecular flexibility index (Phi) is 6.89. The normalized spacial score (nSPS) is 28.8. The lowest BCUT2D eigenvalue weighted by atomic mass is 9.55. The van der Waals surface area contributed by atoms with Gasteiger partial charge in [0.25, 0.3) is 0 Å². The summed E-state index contributed by atoms with van der Waals surface area (Å²) in [6.07, 6.45) is 17.8. The highest BCUT2D eigenvalue weighted by Crippen LogP contribution is 2.79. The highest BCUT2D eigenvalue weighted by molar-refractivity contribution is 5.84. The zero-order valence-electron chi connectivity index (χ0n) is 31.3. The topological polar surface area (TPSA) is 6.48 Å². The van der Waals surface area contributed by atoms with Crippen LogP contribution in [0, 0.1) is 23.2 Å². The van der Waals surface area contributed by atoms with Gasteiger partial charge in [0, 0.05) is 34.4 Å². The molecule has 4 saturated carbocycles. The SMILES string of the molecule is C1=CC2c3ccccc3N(c3cccc(-c4cccc(N(c5cccc(-c6ccccc6)c5)c5cccc(C67C[C@@H]8CC9C[C@@H](C6)C9(C8)C7)c5)c4)c3)C2C=C1. The molecule has 268 valence electrons. The molecular weight excluding hydrogens is 665 g/mol. The maximum absolute atomic E-state index is 2.58. The van der Waals surface area contributed by atoms with Gasteiger partial charge in [0.2, 0.25) is 0 Å². The van der Waals surface area contributed by atoms with E-state index >= 15 is 0 Å². The molecule has 6 aromatic rings. The fraction of sp³-hybridized carbons (Fsp3) is 0.245. The van der Waals surface area contributed by atoms with Crippen LogP contribution in [0.1, 0.15) is 55.6 Å². The summed E-state index contributed by atoms with van der Waals surface area (Å²) in [5.74, 6) is 3.25. The standard InChI is InChI=1S/C53H46N2/c1-2-12-37(13-3-1)38-14-8-18-44(27-38)54(47-21-11-17-41(31-47)52-32-36-26-42-30-43(34-52)53(42,33-36)35-52)45-19-9-15-39(28-45)40-16-10-20-46(29-40)55-50-24-6-4-22-48(50)49-23-5-7-25-51(49)55/h1-25,27-29,31,36,42-43,48,50H,26,30,32-35H2/t36-,42?,43-,48?,50?,52?,53?/m0/s1. The quantitative estimate of drug-likeness (QED) is 0.163. The fourth-order valence-corrected chi connectivity index (χ4v) is 12.8. The molecule has 0 aromatic heterocycles. The van der Waals surface area contributed by atoms with Crippen LogP contribution in [0.3, 0.4) is 0 Å². The van der Waals surface area contributed by atoms with E-state index in [1.54, 1.807) is 5.56 Å². The van der Waals surface area contributed by atoms with Crippen LogP contribution in [-0.2, 0) is 5.41 Å². The molecule has 6 aliphatic rings. The summed E-state index contributed by atoms with van der Waals surface area (Å²) in [5.41, 5.74) is 15.1. The van der Waals surface area contributed by atoms with E-state index in [-0.39, 0.29) is 6.04 Å². The zero-order valence-corrected chi connectivity index (χ0v) is 31.3. The molecule has 0 N–H and O–H groups in total. The molecular formula is C53H46N2. The molecule has 1 aliphatic heterocycles. The summed E-state index contributed by atoms with van der Waals surface area (Å²) in [7, 11) is 0. The number of nitrogens with zero attached hydrogens (tertiary/aromatic N) is 2. The number of benzene rings is 6. The van der Waals surface area contributed by atoms with Crippen molar-refractivity contribution in [1.82, 2.24) is 0 Å². The fourth-order valence-electron chi connectivity index (χ4n) is 12.8. The van der Waals surface area contributed by atoms with Gasteiger partial charge < -0.3 is 9.80 Å². The van der Waals surface area contributed by atoms with Crippen molar-refractivity contribution in [2.45, 2.75) is 55.9 Å². The molecule has 2 heteroatoms. The molecule has 6 aromatic carbocycles. The smallest absolute Gasteiger partial charge is 0.0629 e. The Labute approximate surface area is 325 Å². The second-order valence-corrected chi connectivity index (χ2v) is 17.7. The molecule has 12 rings (SSSR count). The van der Waals surface area contributed by atoms with Crippen LogP contribution in [0.4, 0.5) is 28.4 Å².